The second-order valence-electron chi connectivity index (χ2n) is 5.68. The zero-order valence-electron chi connectivity index (χ0n) is 13.1. The molecule has 3 N–H and O–H groups in total. The summed E-state index contributed by atoms with van der Waals surface area (Å²) >= 11 is 0. The Labute approximate surface area is 143 Å². The molecule has 25 heavy (non-hydrogen) atoms. The molecular formula is C19H14N2O4. The van der Waals surface area contributed by atoms with Crippen LogP contribution in [-0.2, 0) is 9.59 Å². The van der Waals surface area contributed by atoms with Crippen LogP contribution in [0.5, 0.6) is 5.75 Å². The van der Waals surface area contributed by atoms with Gasteiger partial charge < -0.3 is 20.5 Å². The van der Waals surface area contributed by atoms with E-state index in [4.69, 9.17) is 9.84 Å². The lowest BCUT2D eigenvalue weighted by molar-refractivity contribution is -0.139. The van der Waals surface area contributed by atoms with E-state index in [1.54, 1.807) is 18.2 Å². The first kappa shape index (κ1) is 15.0. The Morgan fingerprint density at radius 2 is 1.88 bits per heavy atom. The number of para-hydroxylation sites is 1. The fourth-order valence-corrected chi connectivity index (χ4v) is 2.92. The molecule has 0 saturated heterocycles. The number of fused-ring (bicyclic) bond motifs is 2. The molecule has 2 heterocycles. The highest BCUT2D eigenvalue weighted by Crippen LogP contribution is 2.37. The number of carbonyl (C=O) groups is 2. The maximum atomic E-state index is 12.3. The number of carboxylic acids is 1. The highest BCUT2D eigenvalue weighted by atomic mass is 16.5. The van der Waals surface area contributed by atoms with Crippen molar-refractivity contribution in [2.24, 2.45) is 0 Å². The second kappa shape index (κ2) is 5.83. The van der Waals surface area contributed by atoms with E-state index in [1.165, 1.54) is 0 Å². The number of hydrogen-bond acceptors (Lipinski definition) is 4. The minimum atomic E-state index is -1.02. The third-order valence-electron chi connectivity index (χ3n) is 4.03. The van der Waals surface area contributed by atoms with E-state index in [2.05, 4.69) is 10.6 Å². The van der Waals surface area contributed by atoms with Gasteiger partial charge in [0.15, 0.2) is 6.61 Å². The molecule has 0 spiro atoms. The lowest BCUT2D eigenvalue weighted by Crippen LogP contribution is -2.12. The average Bonchev–Trinajstić information content (AvgIpc) is 2.95. The predicted molar refractivity (Wildman–Crippen MR) is 94.2 cm³/mol. The molecule has 2 aliphatic heterocycles. The lowest BCUT2D eigenvalue weighted by Gasteiger charge is -2.18. The molecule has 0 radical (unpaired) electrons. The number of allylic oxidation sites excluding steroid dienone is 1. The highest BCUT2D eigenvalue weighted by Gasteiger charge is 2.27. The van der Waals surface area contributed by atoms with Gasteiger partial charge in [-0.15, -0.1) is 0 Å². The topological polar surface area (TPSA) is 87.7 Å². The van der Waals surface area contributed by atoms with Gasteiger partial charge in [0.05, 0.1) is 11.3 Å². The number of rotatable bonds is 3. The Kier molecular flexibility index (Phi) is 3.50. The van der Waals surface area contributed by atoms with Crippen molar-refractivity contribution in [1.29, 1.82) is 0 Å². The molecule has 4 rings (SSSR count). The van der Waals surface area contributed by atoms with Crippen LogP contribution in [0.4, 0.5) is 11.4 Å². The number of ether oxygens (including phenoxy) is 1. The maximum Gasteiger partial charge on any atom is 0.341 e. The van der Waals surface area contributed by atoms with Crippen LogP contribution in [0.15, 0.2) is 54.2 Å². The van der Waals surface area contributed by atoms with Gasteiger partial charge in [-0.2, -0.15) is 0 Å². The molecule has 0 fully saturated rings. The van der Waals surface area contributed by atoms with Gasteiger partial charge in [-0.1, -0.05) is 24.3 Å². The molecule has 2 aromatic rings. The molecule has 0 aromatic heterocycles. The summed E-state index contributed by atoms with van der Waals surface area (Å²) in [6.07, 6.45) is 3.70. The van der Waals surface area contributed by atoms with Crippen molar-refractivity contribution < 1.29 is 19.4 Å². The Morgan fingerprint density at radius 3 is 2.72 bits per heavy atom. The molecule has 6 heteroatoms. The number of carboxylic acid groups (broad SMARTS) is 1. The molecule has 6 nitrogen and oxygen atoms in total. The SMILES string of the molecule is O=C(O)COc1ccc2c(c1)C=C/C(=C1/C(=O)Nc3ccccc31)N2. The van der Waals surface area contributed by atoms with Crippen molar-refractivity contribution >= 4 is 34.9 Å². The van der Waals surface area contributed by atoms with Crippen LogP contribution in [0.25, 0.3) is 11.6 Å². The summed E-state index contributed by atoms with van der Waals surface area (Å²) in [4.78, 5) is 22.9. The molecule has 2 aromatic carbocycles. The van der Waals surface area contributed by atoms with E-state index >= 15 is 0 Å². The van der Waals surface area contributed by atoms with E-state index in [0.717, 1.165) is 22.5 Å². The van der Waals surface area contributed by atoms with E-state index < -0.39 is 5.97 Å². The van der Waals surface area contributed by atoms with E-state index in [9.17, 15) is 9.59 Å². The zero-order chi connectivity index (χ0) is 17.4. The van der Waals surface area contributed by atoms with Crippen LogP contribution in [0, 0.1) is 0 Å². The summed E-state index contributed by atoms with van der Waals surface area (Å²) in [5, 5.41) is 14.8. The van der Waals surface area contributed by atoms with Gasteiger partial charge in [-0.3, -0.25) is 4.79 Å². The highest BCUT2D eigenvalue weighted by molar-refractivity contribution is 6.33. The van der Waals surface area contributed by atoms with Crippen LogP contribution in [0.2, 0.25) is 0 Å². The van der Waals surface area contributed by atoms with Crippen LogP contribution >= 0.6 is 0 Å². The lowest BCUT2D eigenvalue weighted by atomic mass is 10.0. The largest absolute Gasteiger partial charge is 0.482 e. The third kappa shape index (κ3) is 2.74. The van der Waals surface area contributed by atoms with E-state index in [-0.39, 0.29) is 12.5 Å². The average molecular weight is 334 g/mol. The molecule has 124 valence electrons. The number of anilines is 2. The predicted octanol–water partition coefficient (Wildman–Crippen LogP) is 2.95. The standard InChI is InChI=1S/C19H14N2O4/c22-17(23)10-25-12-6-8-14-11(9-12)5-7-16(20-14)18-13-3-1-2-4-15(13)21-19(18)24/h1-9,20H,10H2,(H,21,24)(H,22,23)/b18-16-. The van der Waals surface area contributed by atoms with Crippen LogP contribution in [0.3, 0.4) is 0 Å². The molecule has 0 unspecified atom stereocenters. The molecule has 0 bridgehead atoms. The van der Waals surface area contributed by atoms with E-state index in [1.807, 2.05) is 36.4 Å². The van der Waals surface area contributed by atoms with Crippen molar-refractivity contribution in [2.75, 3.05) is 17.2 Å². The van der Waals surface area contributed by atoms with Crippen molar-refractivity contribution in [3.05, 3.63) is 65.4 Å². The fourth-order valence-electron chi connectivity index (χ4n) is 2.92. The molecule has 2 aliphatic rings. The Bertz CT molecular complexity index is 960. The van der Waals surface area contributed by atoms with Crippen molar-refractivity contribution in [1.82, 2.24) is 0 Å². The Balaban J connectivity index is 1.67. The van der Waals surface area contributed by atoms with Crippen LogP contribution in [0.1, 0.15) is 11.1 Å². The summed E-state index contributed by atoms with van der Waals surface area (Å²) in [5.74, 6) is -0.685. The first-order chi connectivity index (χ1) is 12.1. The number of benzene rings is 2. The zero-order valence-corrected chi connectivity index (χ0v) is 13.1. The minimum absolute atomic E-state index is 0.141. The number of aliphatic carboxylic acids is 1. The number of carbonyl (C=O) groups excluding carboxylic acids is 1. The van der Waals surface area contributed by atoms with Gasteiger partial charge in [0, 0.05) is 22.5 Å². The summed E-state index contributed by atoms with van der Waals surface area (Å²) in [6, 6.07) is 12.8. The van der Waals surface area contributed by atoms with Crippen molar-refractivity contribution in [3.63, 3.8) is 0 Å². The molecule has 1 amide bonds. The Morgan fingerprint density at radius 1 is 1.04 bits per heavy atom. The Hall–Kier alpha value is -3.54. The van der Waals surface area contributed by atoms with E-state index in [0.29, 0.717) is 17.0 Å². The number of amides is 1. The molecule has 0 atom stereocenters. The molecule has 0 saturated carbocycles. The van der Waals surface area contributed by atoms with Crippen LogP contribution in [-0.4, -0.2) is 23.6 Å². The fraction of sp³-hybridized carbons (Fsp3) is 0.0526. The van der Waals surface area contributed by atoms with Gasteiger partial charge in [-0.25, -0.2) is 4.79 Å². The van der Waals surface area contributed by atoms with Crippen molar-refractivity contribution in [3.8, 4) is 5.75 Å². The normalized spacial score (nSPS) is 17.4. The quantitative estimate of drug-likeness (QED) is 0.751. The van der Waals surface area contributed by atoms with Gasteiger partial charge in [0.2, 0.25) is 0 Å². The summed E-state index contributed by atoms with van der Waals surface area (Å²) in [6.45, 7) is -0.387. The maximum absolute atomic E-state index is 12.3. The number of nitrogens with one attached hydrogen (secondary N) is 2. The second-order valence-corrected chi connectivity index (χ2v) is 5.68. The molecular weight excluding hydrogens is 320 g/mol. The van der Waals surface area contributed by atoms with Gasteiger partial charge in [0.1, 0.15) is 5.75 Å². The minimum Gasteiger partial charge on any atom is -0.482 e. The first-order valence-corrected chi connectivity index (χ1v) is 7.70. The van der Waals surface area contributed by atoms with Gasteiger partial charge in [0.25, 0.3) is 5.91 Å². The van der Waals surface area contributed by atoms with Gasteiger partial charge in [-0.05, 0) is 30.3 Å². The summed E-state index contributed by atoms with van der Waals surface area (Å²) in [7, 11) is 0. The van der Waals surface area contributed by atoms with Gasteiger partial charge >= 0.3 is 5.97 Å². The van der Waals surface area contributed by atoms with Crippen molar-refractivity contribution in [2.45, 2.75) is 0 Å². The third-order valence-corrected chi connectivity index (χ3v) is 4.03. The summed E-state index contributed by atoms with van der Waals surface area (Å²) in [5.41, 5.74) is 4.67. The first-order valence-electron chi connectivity index (χ1n) is 7.70. The monoisotopic (exact) mass is 334 g/mol. The van der Waals surface area contributed by atoms with Crippen LogP contribution < -0.4 is 15.4 Å². The summed E-state index contributed by atoms with van der Waals surface area (Å²) < 4.78 is 5.19. The molecule has 0 aliphatic carbocycles. The number of hydrogen-bond donors (Lipinski definition) is 3. The smallest absolute Gasteiger partial charge is 0.341 e.